The number of thioether (sulfide) groups is 1. The first kappa shape index (κ1) is 15.8. The van der Waals surface area contributed by atoms with E-state index in [-0.39, 0.29) is 24.8 Å². The summed E-state index contributed by atoms with van der Waals surface area (Å²) < 4.78 is 0. The van der Waals surface area contributed by atoms with Crippen molar-refractivity contribution in [1.82, 2.24) is 10.6 Å². The summed E-state index contributed by atoms with van der Waals surface area (Å²) in [6.45, 7) is 0.186. The van der Waals surface area contributed by atoms with E-state index in [1.807, 2.05) is 0 Å². The summed E-state index contributed by atoms with van der Waals surface area (Å²) in [5.41, 5.74) is -1.15. The maximum absolute atomic E-state index is 11.8. The number of hydrogen-bond donors (Lipinski definition) is 3. The minimum atomic E-state index is -1.15. The van der Waals surface area contributed by atoms with Gasteiger partial charge >= 0.3 is 5.97 Å². The first-order valence-electron chi connectivity index (χ1n) is 6.47. The van der Waals surface area contributed by atoms with Crippen LogP contribution < -0.4 is 10.6 Å². The smallest absolute Gasteiger partial charge is 0.330 e. The van der Waals surface area contributed by atoms with E-state index < -0.39 is 11.5 Å². The van der Waals surface area contributed by atoms with Gasteiger partial charge in [-0.2, -0.15) is 11.8 Å². The van der Waals surface area contributed by atoms with E-state index in [2.05, 4.69) is 10.6 Å². The van der Waals surface area contributed by atoms with E-state index in [9.17, 15) is 19.5 Å². The van der Waals surface area contributed by atoms with E-state index in [1.54, 1.807) is 17.5 Å². The maximum atomic E-state index is 11.8. The summed E-state index contributed by atoms with van der Waals surface area (Å²) in [5.74, 6) is -0.464. The Morgan fingerprint density at radius 2 is 2.19 bits per heavy atom. The number of carboxylic acid groups (broad SMARTS) is 1. The van der Waals surface area contributed by atoms with Gasteiger partial charge in [-0.3, -0.25) is 9.59 Å². The molecule has 0 radical (unpaired) electrons. The first-order valence-corrected chi connectivity index (χ1v) is 8.51. The second kappa shape index (κ2) is 6.95. The third-order valence-electron chi connectivity index (χ3n) is 3.19. The van der Waals surface area contributed by atoms with Crippen LogP contribution in [0.2, 0.25) is 0 Å². The monoisotopic (exact) mass is 328 g/mol. The fraction of sp³-hybridized carbons (Fsp3) is 0.462. The second-order valence-corrected chi connectivity index (χ2v) is 6.77. The molecule has 0 aromatic carbocycles. The van der Waals surface area contributed by atoms with E-state index in [1.165, 1.54) is 23.1 Å². The molecule has 1 aromatic rings. The van der Waals surface area contributed by atoms with Crippen LogP contribution in [0.4, 0.5) is 0 Å². The van der Waals surface area contributed by atoms with Crippen LogP contribution in [-0.2, 0) is 9.59 Å². The Labute approximate surface area is 130 Å². The SMILES string of the molecule is O=C(CCNC(=O)c1cccs1)NC1(C(=O)O)CCSC1. The summed E-state index contributed by atoms with van der Waals surface area (Å²) in [7, 11) is 0. The van der Waals surface area contributed by atoms with Gasteiger partial charge in [0.1, 0.15) is 5.54 Å². The molecule has 1 unspecified atom stereocenters. The molecule has 2 rings (SSSR count). The topological polar surface area (TPSA) is 95.5 Å². The zero-order chi connectivity index (χ0) is 15.3. The summed E-state index contributed by atoms with van der Waals surface area (Å²) in [4.78, 5) is 35.4. The Hall–Kier alpha value is -1.54. The summed E-state index contributed by atoms with van der Waals surface area (Å²) in [6, 6.07) is 3.48. The maximum Gasteiger partial charge on any atom is 0.330 e. The molecular formula is C13H16N2O4S2. The van der Waals surface area contributed by atoms with E-state index in [0.717, 1.165) is 5.75 Å². The molecule has 3 N–H and O–H groups in total. The van der Waals surface area contributed by atoms with E-state index in [0.29, 0.717) is 17.1 Å². The van der Waals surface area contributed by atoms with Crippen LogP contribution in [0.15, 0.2) is 17.5 Å². The molecule has 1 atom stereocenters. The number of amides is 2. The lowest BCUT2D eigenvalue weighted by Crippen LogP contribution is -2.55. The van der Waals surface area contributed by atoms with Gasteiger partial charge in [0, 0.05) is 18.7 Å². The van der Waals surface area contributed by atoms with Crippen molar-refractivity contribution in [3.63, 3.8) is 0 Å². The first-order chi connectivity index (χ1) is 10.0. The zero-order valence-corrected chi connectivity index (χ0v) is 12.9. The van der Waals surface area contributed by atoms with Crippen LogP contribution in [0.3, 0.4) is 0 Å². The highest BCUT2D eigenvalue weighted by Crippen LogP contribution is 2.28. The van der Waals surface area contributed by atoms with Crippen LogP contribution >= 0.6 is 23.1 Å². The van der Waals surface area contributed by atoms with Gasteiger partial charge in [0.05, 0.1) is 4.88 Å². The molecule has 8 heteroatoms. The fourth-order valence-corrected chi connectivity index (χ4v) is 3.97. The van der Waals surface area contributed by atoms with Crippen LogP contribution in [0.5, 0.6) is 0 Å². The minimum absolute atomic E-state index is 0.0663. The van der Waals surface area contributed by atoms with Gasteiger partial charge in [-0.1, -0.05) is 6.07 Å². The van der Waals surface area contributed by atoms with E-state index in [4.69, 9.17) is 0 Å². The predicted octanol–water partition coefficient (Wildman–Crippen LogP) is 0.944. The van der Waals surface area contributed by atoms with Crippen molar-refractivity contribution in [2.75, 3.05) is 18.1 Å². The van der Waals surface area contributed by atoms with Gasteiger partial charge in [0.25, 0.3) is 5.91 Å². The number of nitrogens with one attached hydrogen (secondary N) is 2. The second-order valence-electron chi connectivity index (χ2n) is 4.72. The van der Waals surface area contributed by atoms with Crippen LogP contribution in [0.25, 0.3) is 0 Å². The quantitative estimate of drug-likeness (QED) is 0.722. The molecule has 1 aliphatic heterocycles. The van der Waals surface area contributed by atoms with Crippen molar-refractivity contribution in [2.24, 2.45) is 0 Å². The lowest BCUT2D eigenvalue weighted by Gasteiger charge is -2.24. The molecule has 2 amide bonds. The Balaban J connectivity index is 1.77. The Morgan fingerprint density at radius 3 is 2.76 bits per heavy atom. The molecule has 21 heavy (non-hydrogen) atoms. The zero-order valence-electron chi connectivity index (χ0n) is 11.3. The van der Waals surface area contributed by atoms with Crippen LogP contribution in [0.1, 0.15) is 22.5 Å². The number of aliphatic carboxylic acids is 1. The normalized spacial score (nSPS) is 21.0. The van der Waals surface area contributed by atoms with Crippen molar-refractivity contribution in [3.05, 3.63) is 22.4 Å². The minimum Gasteiger partial charge on any atom is -0.479 e. The van der Waals surface area contributed by atoms with Gasteiger partial charge in [0.2, 0.25) is 5.91 Å². The molecule has 1 saturated heterocycles. The van der Waals surface area contributed by atoms with Gasteiger partial charge in [-0.25, -0.2) is 4.79 Å². The van der Waals surface area contributed by atoms with Crippen LogP contribution in [-0.4, -0.2) is 46.5 Å². The Kier molecular flexibility index (Phi) is 5.24. The lowest BCUT2D eigenvalue weighted by molar-refractivity contribution is -0.146. The number of thiophene rings is 1. The van der Waals surface area contributed by atoms with Crippen LogP contribution in [0, 0.1) is 0 Å². The van der Waals surface area contributed by atoms with Crippen molar-refractivity contribution < 1.29 is 19.5 Å². The molecule has 2 heterocycles. The molecular weight excluding hydrogens is 312 g/mol. The average Bonchev–Trinajstić information content (AvgIpc) is 3.10. The lowest BCUT2D eigenvalue weighted by atomic mass is 9.99. The molecule has 6 nitrogen and oxygen atoms in total. The number of carboxylic acids is 1. The molecule has 0 saturated carbocycles. The number of hydrogen-bond acceptors (Lipinski definition) is 5. The molecule has 1 fully saturated rings. The molecule has 0 bridgehead atoms. The van der Waals surface area contributed by atoms with Crippen molar-refractivity contribution in [1.29, 1.82) is 0 Å². The largest absolute Gasteiger partial charge is 0.479 e. The molecule has 0 spiro atoms. The van der Waals surface area contributed by atoms with E-state index >= 15 is 0 Å². The average molecular weight is 328 g/mol. The standard InChI is InChI=1S/C13H16N2O4S2/c16-10(15-13(12(18)19)4-7-20-8-13)3-5-14-11(17)9-2-1-6-21-9/h1-2,6H,3-5,7-8H2,(H,14,17)(H,15,16)(H,18,19). The Bertz CT molecular complexity index is 524. The van der Waals surface area contributed by atoms with Gasteiger partial charge in [0.15, 0.2) is 0 Å². The highest BCUT2D eigenvalue weighted by atomic mass is 32.2. The molecule has 0 aliphatic carbocycles. The number of carbonyl (C=O) groups is 3. The highest BCUT2D eigenvalue weighted by molar-refractivity contribution is 7.99. The third-order valence-corrected chi connectivity index (χ3v) is 5.25. The van der Waals surface area contributed by atoms with Crippen molar-refractivity contribution >= 4 is 40.9 Å². The fourth-order valence-electron chi connectivity index (χ4n) is 2.00. The molecule has 114 valence electrons. The van der Waals surface area contributed by atoms with Gasteiger partial charge < -0.3 is 15.7 Å². The summed E-state index contributed by atoms with van der Waals surface area (Å²) in [5, 5.41) is 16.3. The van der Waals surface area contributed by atoms with Crippen molar-refractivity contribution in [2.45, 2.75) is 18.4 Å². The number of carbonyl (C=O) groups excluding carboxylic acids is 2. The highest BCUT2D eigenvalue weighted by Gasteiger charge is 2.43. The van der Waals surface area contributed by atoms with Gasteiger partial charge in [-0.05, 0) is 23.6 Å². The van der Waals surface area contributed by atoms with Crippen molar-refractivity contribution in [3.8, 4) is 0 Å². The molecule has 1 aromatic heterocycles. The third kappa shape index (κ3) is 3.98. The summed E-state index contributed by atoms with van der Waals surface area (Å²) in [6.07, 6.45) is 0.497. The van der Waals surface area contributed by atoms with Gasteiger partial charge in [-0.15, -0.1) is 11.3 Å². The Morgan fingerprint density at radius 1 is 1.38 bits per heavy atom. The molecule has 1 aliphatic rings. The predicted molar refractivity (Wildman–Crippen MR) is 81.7 cm³/mol. The number of rotatable bonds is 6. The summed E-state index contributed by atoms with van der Waals surface area (Å²) >= 11 is 2.84.